The van der Waals surface area contributed by atoms with E-state index in [-0.39, 0.29) is 17.4 Å². The van der Waals surface area contributed by atoms with Crippen molar-refractivity contribution in [3.8, 4) is 11.3 Å². The Balaban J connectivity index is 1.44. The van der Waals surface area contributed by atoms with Crippen LogP contribution in [0.1, 0.15) is 45.6 Å². The van der Waals surface area contributed by atoms with Gasteiger partial charge in [0.1, 0.15) is 0 Å². The van der Waals surface area contributed by atoms with Crippen LogP contribution < -0.4 is 5.32 Å². The number of aliphatic hydroxyl groups excluding tert-OH is 1. The molecule has 6 heteroatoms. The zero-order valence-electron chi connectivity index (χ0n) is 17.9. The van der Waals surface area contributed by atoms with Gasteiger partial charge in [0.25, 0.3) is 0 Å². The van der Waals surface area contributed by atoms with Crippen molar-refractivity contribution >= 4 is 22.4 Å². The molecule has 1 amide bonds. The molecular weight excluding hydrogens is 382 g/mol. The van der Waals surface area contributed by atoms with Gasteiger partial charge in [-0.2, -0.15) is 0 Å². The molecule has 1 aliphatic heterocycles. The normalized spacial score (nSPS) is 17.3. The molecule has 1 saturated heterocycles. The molecule has 1 aromatic carbocycles. The van der Waals surface area contributed by atoms with Crippen molar-refractivity contribution in [1.29, 1.82) is 0 Å². The summed E-state index contributed by atoms with van der Waals surface area (Å²) in [6.07, 6.45) is 2.21. The number of hydrogen-bond donors (Lipinski definition) is 2. The van der Waals surface area contributed by atoms with Gasteiger partial charge in [-0.25, -0.2) is 4.98 Å². The molecule has 2 aromatic rings. The van der Waals surface area contributed by atoms with Gasteiger partial charge in [-0.3, -0.25) is 4.79 Å². The average molecular weight is 416 g/mol. The lowest BCUT2D eigenvalue weighted by molar-refractivity contribution is -0.117. The van der Waals surface area contributed by atoms with Crippen LogP contribution in [0.25, 0.3) is 11.3 Å². The fourth-order valence-corrected chi connectivity index (χ4v) is 4.25. The monoisotopic (exact) mass is 415 g/mol. The maximum atomic E-state index is 12.5. The minimum absolute atomic E-state index is 0.0444. The number of piperidine rings is 1. The van der Waals surface area contributed by atoms with Crippen molar-refractivity contribution in [2.24, 2.45) is 11.3 Å². The fourth-order valence-electron chi connectivity index (χ4n) is 3.51. The minimum atomic E-state index is -0.324. The molecule has 0 saturated carbocycles. The Labute approximate surface area is 178 Å². The third-order valence-corrected chi connectivity index (χ3v) is 6.47. The summed E-state index contributed by atoms with van der Waals surface area (Å²) in [6, 6.07) is 8.25. The first-order chi connectivity index (χ1) is 13.7. The number of amides is 1. The molecule has 29 heavy (non-hydrogen) atoms. The first-order valence-corrected chi connectivity index (χ1v) is 11.3. The Bertz CT molecular complexity index is 802. The van der Waals surface area contributed by atoms with Crippen LogP contribution >= 0.6 is 11.3 Å². The third kappa shape index (κ3) is 6.36. The molecule has 158 valence electrons. The number of anilines is 1. The molecule has 1 aliphatic rings. The maximum Gasteiger partial charge on any atom is 0.226 e. The van der Waals surface area contributed by atoms with E-state index in [0.717, 1.165) is 37.2 Å². The predicted octanol–water partition coefficient (Wildman–Crippen LogP) is 4.57. The van der Waals surface area contributed by atoms with Gasteiger partial charge >= 0.3 is 0 Å². The van der Waals surface area contributed by atoms with E-state index in [4.69, 9.17) is 0 Å². The van der Waals surface area contributed by atoms with Crippen molar-refractivity contribution in [3.63, 3.8) is 0 Å². The summed E-state index contributed by atoms with van der Waals surface area (Å²) in [4.78, 5) is 19.3. The number of aliphatic hydroxyl groups is 1. The van der Waals surface area contributed by atoms with Crippen LogP contribution in [0.3, 0.4) is 0 Å². The fraction of sp³-hybridized carbons (Fsp3) is 0.565. The number of benzene rings is 1. The van der Waals surface area contributed by atoms with E-state index in [1.54, 1.807) is 0 Å². The molecule has 0 spiro atoms. The Kier molecular flexibility index (Phi) is 7.09. The topological polar surface area (TPSA) is 65.5 Å². The second kappa shape index (κ2) is 9.37. The van der Waals surface area contributed by atoms with E-state index in [0.29, 0.717) is 24.0 Å². The largest absolute Gasteiger partial charge is 0.391 e. The van der Waals surface area contributed by atoms with Gasteiger partial charge in [0.15, 0.2) is 5.13 Å². The second-order valence-corrected chi connectivity index (χ2v) is 10.1. The predicted molar refractivity (Wildman–Crippen MR) is 120 cm³/mol. The smallest absolute Gasteiger partial charge is 0.226 e. The molecular formula is C23H33N3O2S. The lowest BCUT2D eigenvalue weighted by Gasteiger charge is -2.36. The van der Waals surface area contributed by atoms with Gasteiger partial charge in [0.05, 0.1) is 11.8 Å². The van der Waals surface area contributed by atoms with Crippen LogP contribution in [0.15, 0.2) is 29.6 Å². The summed E-state index contributed by atoms with van der Waals surface area (Å²) in [5.41, 5.74) is 3.09. The van der Waals surface area contributed by atoms with Crippen LogP contribution in [-0.2, 0) is 4.79 Å². The van der Waals surface area contributed by atoms with Crippen LogP contribution in [-0.4, -0.2) is 46.6 Å². The van der Waals surface area contributed by atoms with Crippen molar-refractivity contribution in [3.05, 3.63) is 35.2 Å². The minimum Gasteiger partial charge on any atom is -0.391 e. The average Bonchev–Trinajstić information content (AvgIpc) is 3.11. The molecule has 2 heterocycles. The van der Waals surface area contributed by atoms with Crippen molar-refractivity contribution in [2.45, 2.75) is 53.1 Å². The summed E-state index contributed by atoms with van der Waals surface area (Å²) in [6.45, 7) is 10.9. The Morgan fingerprint density at radius 3 is 2.55 bits per heavy atom. The van der Waals surface area contributed by atoms with Gasteiger partial charge in [0.2, 0.25) is 5.91 Å². The van der Waals surface area contributed by atoms with Crippen molar-refractivity contribution in [1.82, 2.24) is 9.88 Å². The third-order valence-electron chi connectivity index (χ3n) is 5.71. The summed E-state index contributed by atoms with van der Waals surface area (Å²) in [7, 11) is 0. The lowest BCUT2D eigenvalue weighted by atomic mass is 9.87. The van der Waals surface area contributed by atoms with Gasteiger partial charge in [-0.1, -0.05) is 50.6 Å². The number of hydrogen-bond acceptors (Lipinski definition) is 5. The zero-order chi connectivity index (χ0) is 21.0. The lowest BCUT2D eigenvalue weighted by Crippen LogP contribution is -2.43. The molecule has 1 fully saturated rings. The van der Waals surface area contributed by atoms with E-state index in [1.165, 1.54) is 16.9 Å². The summed E-state index contributed by atoms with van der Waals surface area (Å²) < 4.78 is 0. The standard InChI is InChI=1S/C23H33N3O2S/c1-16-5-7-18(8-6-16)19-15-29-22(24-19)25-21(28)13-17-9-11-26(12-10-17)14-20(27)23(2,3)4/h5-8,15,17,20,27H,9-14H2,1-4H3,(H,24,25,28). The number of aromatic nitrogens is 1. The molecule has 1 unspecified atom stereocenters. The van der Waals surface area contributed by atoms with Gasteiger partial charge < -0.3 is 15.3 Å². The van der Waals surface area contributed by atoms with Gasteiger partial charge in [0, 0.05) is 23.9 Å². The molecule has 5 nitrogen and oxygen atoms in total. The number of carbonyl (C=O) groups is 1. The first-order valence-electron chi connectivity index (χ1n) is 10.4. The van der Waals surface area contributed by atoms with E-state index in [9.17, 15) is 9.90 Å². The van der Waals surface area contributed by atoms with E-state index < -0.39 is 0 Å². The molecule has 0 radical (unpaired) electrons. The summed E-state index contributed by atoms with van der Waals surface area (Å²) in [5, 5.41) is 15.9. The SMILES string of the molecule is Cc1ccc(-c2csc(NC(=O)CC3CCN(CC(O)C(C)(C)C)CC3)n2)cc1. The van der Waals surface area contributed by atoms with Crippen LogP contribution in [0, 0.1) is 18.3 Å². The Hall–Kier alpha value is -1.76. The molecule has 0 bridgehead atoms. The molecule has 1 aromatic heterocycles. The van der Waals surface area contributed by atoms with Crippen LogP contribution in [0.2, 0.25) is 0 Å². The number of likely N-dealkylation sites (tertiary alicyclic amines) is 1. The quantitative estimate of drug-likeness (QED) is 0.725. The zero-order valence-corrected chi connectivity index (χ0v) is 18.8. The first kappa shape index (κ1) is 21.9. The highest BCUT2D eigenvalue weighted by Gasteiger charge is 2.27. The van der Waals surface area contributed by atoms with Crippen LogP contribution in [0.4, 0.5) is 5.13 Å². The number of nitrogens with one attached hydrogen (secondary N) is 1. The maximum absolute atomic E-state index is 12.5. The molecule has 2 N–H and O–H groups in total. The number of nitrogens with zero attached hydrogens (tertiary/aromatic N) is 2. The van der Waals surface area contributed by atoms with E-state index >= 15 is 0 Å². The number of β-amino-alcohol motifs (C(OH)–C–C–N with tert-alkyl or cyclic N) is 1. The highest BCUT2D eigenvalue weighted by atomic mass is 32.1. The number of aryl methyl sites for hydroxylation is 1. The van der Waals surface area contributed by atoms with Crippen molar-refractivity contribution < 1.29 is 9.90 Å². The second-order valence-electron chi connectivity index (χ2n) is 9.28. The number of carbonyl (C=O) groups excluding carboxylic acids is 1. The summed E-state index contributed by atoms with van der Waals surface area (Å²) in [5.74, 6) is 0.442. The Morgan fingerprint density at radius 2 is 1.93 bits per heavy atom. The number of rotatable bonds is 6. The van der Waals surface area contributed by atoms with E-state index in [2.05, 4.69) is 67.2 Å². The highest BCUT2D eigenvalue weighted by molar-refractivity contribution is 7.14. The van der Waals surface area contributed by atoms with Crippen LogP contribution in [0.5, 0.6) is 0 Å². The molecule has 1 atom stereocenters. The molecule has 3 rings (SSSR count). The number of thiazole rings is 1. The van der Waals surface area contributed by atoms with Gasteiger partial charge in [-0.15, -0.1) is 11.3 Å². The molecule has 0 aliphatic carbocycles. The highest BCUT2D eigenvalue weighted by Crippen LogP contribution is 2.27. The van der Waals surface area contributed by atoms with Crippen molar-refractivity contribution in [2.75, 3.05) is 25.0 Å². The summed E-state index contributed by atoms with van der Waals surface area (Å²) >= 11 is 1.47. The van der Waals surface area contributed by atoms with Gasteiger partial charge in [-0.05, 0) is 44.2 Å². The van der Waals surface area contributed by atoms with E-state index in [1.807, 2.05) is 5.38 Å². The Morgan fingerprint density at radius 1 is 1.28 bits per heavy atom.